The molecule has 1 saturated carbocycles. The summed E-state index contributed by atoms with van der Waals surface area (Å²) in [6.07, 6.45) is 6.77. The van der Waals surface area contributed by atoms with E-state index in [1.54, 1.807) is 0 Å². The van der Waals surface area contributed by atoms with Gasteiger partial charge in [0.05, 0.1) is 19.1 Å². The van der Waals surface area contributed by atoms with Gasteiger partial charge in [-0.1, -0.05) is 6.42 Å². The van der Waals surface area contributed by atoms with Crippen molar-refractivity contribution in [2.24, 2.45) is 5.92 Å². The van der Waals surface area contributed by atoms with Gasteiger partial charge in [-0.25, -0.2) is 0 Å². The molecule has 0 atom stereocenters. The van der Waals surface area contributed by atoms with E-state index < -0.39 is 5.97 Å². The number of ether oxygens (including phenoxy) is 1. The van der Waals surface area contributed by atoms with Crippen molar-refractivity contribution in [2.45, 2.75) is 44.6 Å². The summed E-state index contributed by atoms with van der Waals surface area (Å²) >= 11 is 0. The second-order valence-electron chi connectivity index (χ2n) is 5.31. The molecule has 0 aromatic rings. The molecule has 1 N–H and O–H groups in total. The maximum absolute atomic E-state index is 10.4. The van der Waals surface area contributed by atoms with Gasteiger partial charge in [-0.3, -0.25) is 4.79 Å². The number of piperidine rings is 1. The third kappa shape index (κ3) is 4.28. The number of hydrogen-bond acceptors (Lipinski definition) is 3. The Balaban J connectivity index is 1.55. The number of hydrogen-bond donors (Lipinski definition) is 1. The summed E-state index contributed by atoms with van der Waals surface area (Å²) in [6, 6.07) is 0. The van der Waals surface area contributed by atoms with E-state index >= 15 is 0 Å². The first-order valence-corrected chi connectivity index (χ1v) is 6.80. The van der Waals surface area contributed by atoms with Crippen molar-refractivity contribution in [3.63, 3.8) is 0 Å². The molecule has 0 spiro atoms. The van der Waals surface area contributed by atoms with Crippen LogP contribution >= 0.6 is 0 Å². The molecule has 0 amide bonds. The molecule has 0 aromatic carbocycles. The Hall–Kier alpha value is -0.610. The molecule has 0 aromatic heterocycles. The number of carboxylic acid groups (broad SMARTS) is 1. The zero-order valence-corrected chi connectivity index (χ0v) is 10.4. The largest absolute Gasteiger partial charge is 0.481 e. The average molecular weight is 241 g/mol. The lowest BCUT2D eigenvalue weighted by molar-refractivity contribution is -0.138. The Morgan fingerprint density at radius 2 is 1.94 bits per heavy atom. The van der Waals surface area contributed by atoms with Crippen LogP contribution in [0.1, 0.15) is 38.5 Å². The van der Waals surface area contributed by atoms with Crippen molar-refractivity contribution in [1.82, 2.24) is 4.90 Å². The number of aliphatic carboxylic acids is 1. The molecule has 0 radical (unpaired) electrons. The molecule has 1 saturated heterocycles. The predicted molar refractivity (Wildman–Crippen MR) is 65.0 cm³/mol. The fraction of sp³-hybridized carbons (Fsp3) is 0.923. The van der Waals surface area contributed by atoms with Crippen molar-refractivity contribution in [2.75, 3.05) is 26.2 Å². The normalized spacial score (nSPS) is 23.5. The summed E-state index contributed by atoms with van der Waals surface area (Å²) in [7, 11) is 0. The van der Waals surface area contributed by atoms with Crippen molar-refractivity contribution >= 4 is 5.97 Å². The van der Waals surface area contributed by atoms with Crippen LogP contribution in [0.25, 0.3) is 0 Å². The number of rotatable bonds is 6. The number of likely N-dealkylation sites (tertiary alicyclic amines) is 1. The third-order valence-electron chi connectivity index (χ3n) is 3.95. The molecular weight excluding hydrogens is 218 g/mol. The van der Waals surface area contributed by atoms with Crippen LogP contribution in [0.5, 0.6) is 0 Å². The molecule has 2 rings (SSSR count). The highest BCUT2D eigenvalue weighted by atomic mass is 16.5. The number of carboxylic acids is 1. The van der Waals surface area contributed by atoms with Crippen molar-refractivity contribution in [3.05, 3.63) is 0 Å². The zero-order valence-electron chi connectivity index (χ0n) is 10.4. The van der Waals surface area contributed by atoms with Crippen molar-refractivity contribution < 1.29 is 14.6 Å². The SMILES string of the molecule is O=C(O)CCOC1CCN(CC2CCC2)CC1. The summed E-state index contributed by atoms with van der Waals surface area (Å²) in [6.45, 7) is 3.87. The first-order chi connectivity index (χ1) is 8.24. The summed E-state index contributed by atoms with van der Waals surface area (Å²) in [5.74, 6) is 0.173. The van der Waals surface area contributed by atoms with Crippen LogP contribution in [0.3, 0.4) is 0 Å². The summed E-state index contributed by atoms with van der Waals surface area (Å²) in [5, 5.41) is 8.53. The fourth-order valence-corrected chi connectivity index (χ4v) is 2.61. The van der Waals surface area contributed by atoms with E-state index in [4.69, 9.17) is 9.84 Å². The molecule has 1 aliphatic carbocycles. The first kappa shape index (κ1) is 12.8. The molecule has 1 aliphatic heterocycles. The van der Waals surface area contributed by atoms with Gasteiger partial charge < -0.3 is 14.7 Å². The maximum Gasteiger partial charge on any atom is 0.305 e. The number of nitrogens with zero attached hydrogens (tertiary/aromatic N) is 1. The third-order valence-corrected chi connectivity index (χ3v) is 3.95. The lowest BCUT2D eigenvalue weighted by Crippen LogP contribution is -2.41. The van der Waals surface area contributed by atoms with Gasteiger partial charge in [-0.05, 0) is 31.6 Å². The molecule has 1 heterocycles. The Bertz CT molecular complexity index is 245. The Kier molecular flexibility index (Phi) is 4.80. The van der Waals surface area contributed by atoms with Crippen molar-refractivity contribution in [3.8, 4) is 0 Å². The molecule has 4 heteroatoms. The molecule has 17 heavy (non-hydrogen) atoms. The topological polar surface area (TPSA) is 49.8 Å². The van der Waals surface area contributed by atoms with Crippen LogP contribution in [0.4, 0.5) is 0 Å². The van der Waals surface area contributed by atoms with Crippen LogP contribution < -0.4 is 0 Å². The Morgan fingerprint density at radius 3 is 2.47 bits per heavy atom. The maximum atomic E-state index is 10.4. The Labute approximate surface area is 103 Å². The Morgan fingerprint density at radius 1 is 1.24 bits per heavy atom. The first-order valence-electron chi connectivity index (χ1n) is 6.80. The van der Waals surface area contributed by atoms with Gasteiger partial charge in [0.1, 0.15) is 0 Å². The van der Waals surface area contributed by atoms with Gasteiger partial charge >= 0.3 is 5.97 Å². The molecule has 98 valence electrons. The van der Waals surface area contributed by atoms with Crippen LogP contribution in [0, 0.1) is 5.92 Å². The number of carbonyl (C=O) groups is 1. The summed E-state index contributed by atoms with van der Waals surface area (Å²) in [4.78, 5) is 12.9. The highest BCUT2D eigenvalue weighted by Gasteiger charge is 2.24. The predicted octanol–water partition coefficient (Wildman–Crippen LogP) is 1.74. The van der Waals surface area contributed by atoms with E-state index in [9.17, 15) is 4.79 Å². The molecule has 0 bridgehead atoms. The van der Waals surface area contributed by atoms with Crippen LogP contribution in [0.15, 0.2) is 0 Å². The second kappa shape index (κ2) is 6.36. The van der Waals surface area contributed by atoms with Crippen molar-refractivity contribution in [1.29, 1.82) is 0 Å². The van der Waals surface area contributed by atoms with Gasteiger partial charge in [0.15, 0.2) is 0 Å². The molecule has 2 fully saturated rings. The van der Waals surface area contributed by atoms with Crippen LogP contribution in [0.2, 0.25) is 0 Å². The fourth-order valence-electron chi connectivity index (χ4n) is 2.61. The summed E-state index contributed by atoms with van der Waals surface area (Å²) < 4.78 is 5.58. The molecule has 2 aliphatic rings. The van der Waals surface area contributed by atoms with E-state index in [0.29, 0.717) is 6.61 Å². The van der Waals surface area contributed by atoms with E-state index in [-0.39, 0.29) is 12.5 Å². The lowest BCUT2D eigenvalue weighted by atomic mass is 9.85. The van der Waals surface area contributed by atoms with E-state index in [2.05, 4.69) is 4.90 Å². The van der Waals surface area contributed by atoms with E-state index in [1.807, 2.05) is 0 Å². The monoisotopic (exact) mass is 241 g/mol. The van der Waals surface area contributed by atoms with E-state index in [1.165, 1.54) is 25.8 Å². The zero-order chi connectivity index (χ0) is 12.1. The van der Waals surface area contributed by atoms with E-state index in [0.717, 1.165) is 31.8 Å². The molecule has 4 nitrogen and oxygen atoms in total. The smallest absolute Gasteiger partial charge is 0.305 e. The highest BCUT2D eigenvalue weighted by molar-refractivity contribution is 5.66. The van der Waals surface area contributed by atoms with Gasteiger partial charge in [0.2, 0.25) is 0 Å². The van der Waals surface area contributed by atoms with Crippen LogP contribution in [-0.4, -0.2) is 48.3 Å². The minimum Gasteiger partial charge on any atom is -0.481 e. The molecular formula is C13H23NO3. The lowest BCUT2D eigenvalue weighted by Gasteiger charge is -2.36. The summed E-state index contributed by atoms with van der Waals surface area (Å²) in [5.41, 5.74) is 0. The quantitative estimate of drug-likeness (QED) is 0.769. The minimum atomic E-state index is -0.771. The molecule has 0 unspecified atom stereocenters. The average Bonchev–Trinajstić information content (AvgIpc) is 2.25. The van der Waals surface area contributed by atoms with Crippen LogP contribution in [-0.2, 0) is 9.53 Å². The highest BCUT2D eigenvalue weighted by Crippen LogP contribution is 2.28. The standard InChI is InChI=1S/C13H23NO3/c15-13(16)6-9-17-12-4-7-14(8-5-12)10-11-2-1-3-11/h11-12H,1-10H2,(H,15,16). The van der Waals surface area contributed by atoms with Gasteiger partial charge in [0, 0.05) is 19.6 Å². The second-order valence-corrected chi connectivity index (χ2v) is 5.31. The van der Waals surface area contributed by atoms with Gasteiger partial charge in [-0.2, -0.15) is 0 Å². The minimum absolute atomic E-state index is 0.127. The van der Waals surface area contributed by atoms with Gasteiger partial charge in [0.25, 0.3) is 0 Å². The van der Waals surface area contributed by atoms with Gasteiger partial charge in [-0.15, -0.1) is 0 Å².